The first kappa shape index (κ1) is 27.9. The summed E-state index contributed by atoms with van der Waals surface area (Å²) >= 11 is 0. The van der Waals surface area contributed by atoms with E-state index in [-0.39, 0.29) is 13.0 Å². The molecule has 2 N–H and O–H groups in total. The van der Waals surface area contributed by atoms with Crippen molar-refractivity contribution in [2.24, 2.45) is 0 Å². The van der Waals surface area contributed by atoms with E-state index in [1.165, 1.54) is 4.57 Å². The number of fused-ring (bicyclic) bond motifs is 1. The molecule has 1 fully saturated rings. The molecule has 10 heteroatoms. The zero-order chi connectivity index (χ0) is 29.1. The lowest BCUT2D eigenvalue weighted by atomic mass is 9.80. The molecule has 1 aromatic heterocycles. The number of hydrogen-bond acceptors (Lipinski definition) is 9. The summed E-state index contributed by atoms with van der Waals surface area (Å²) in [5.41, 5.74) is 4.63. The minimum Gasteiger partial charge on any atom is -0.497 e. The number of aliphatic hydroxyl groups is 1. The van der Waals surface area contributed by atoms with Crippen molar-refractivity contribution in [3.05, 3.63) is 118 Å². The van der Waals surface area contributed by atoms with E-state index in [1.807, 2.05) is 78.9 Å². The number of benzene rings is 3. The molecule has 42 heavy (non-hydrogen) atoms. The number of ether oxygens (including phenoxy) is 4. The third kappa shape index (κ3) is 5.25. The van der Waals surface area contributed by atoms with E-state index in [9.17, 15) is 9.90 Å². The van der Waals surface area contributed by atoms with Gasteiger partial charge in [-0.15, -0.1) is 0 Å². The number of aromatic nitrogens is 2. The van der Waals surface area contributed by atoms with Crippen LogP contribution in [0.15, 0.2) is 89.9 Å². The Morgan fingerprint density at radius 2 is 1.57 bits per heavy atom. The summed E-state index contributed by atoms with van der Waals surface area (Å²) in [6.45, 7) is 0.517. The standard InChI is InChI=1S/C32H33N3O7/c1-38-25-12-8-23(9-13-25)32(22-6-4-3-5-7-22,24-10-14-26(39-2)15-11-24)40-20-28-27(36)18-29(42-28)35-19-21-16-17-41-34-30(21)33-31(35)37/h3-15,19,27-29,36H,16-18,20H2,1-2H3,(H,33,34,37). The van der Waals surface area contributed by atoms with E-state index in [4.69, 9.17) is 23.8 Å². The maximum Gasteiger partial charge on any atom is 0.351 e. The summed E-state index contributed by atoms with van der Waals surface area (Å²) in [5, 5.41) is 11.1. The van der Waals surface area contributed by atoms with Crippen LogP contribution < -0.4 is 20.6 Å². The Balaban J connectivity index is 1.35. The average molecular weight is 572 g/mol. The normalized spacial score (nSPS) is 20.0. The minimum absolute atomic E-state index is 0.0487. The van der Waals surface area contributed by atoms with Gasteiger partial charge in [-0.05, 0) is 41.0 Å². The Morgan fingerprint density at radius 3 is 2.19 bits per heavy atom. The van der Waals surface area contributed by atoms with Crippen LogP contribution >= 0.6 is 0 Å². The molecule has 2 aliphatic rings. The van der Waals surface area contributed by atoms with Gasteiger partial charge in [0.25, 0.3) is 0 Å². The predicted molar refractivity (Wildman–Crippen MR) is 155 cm³/mol. The molecule has 3 unspecified atom stereocenters. The quantitative estimate of drug-likeness (QED) is 0.290. The zero-order valence-electron chi connectivity index (χ0n) is 23.4. The third-order valence-corrected chi connectivity index (χ3v) is 7.82. The molecule has 10 nitrogen and oxygen atoms in total. The third-order valence-electron chi connectivity index (χ3n) is 7.82. The van der Waals surface area contributed by atoms with Crippen molar-refractivity contribution in [2.45, 2.75) is 36.9 Å². The zero-order valence-corrected chi connectivity index (χ0v) is 23.4. The molecule has 0 radical (unpaired) electrons. The summed E-state index contributed by atoms with van der Waals surface area (Å²) in [6.07, 6.45) is 0.320. The van der Waals surface area contributed by atoms with Gasteiger partial charge in [-0.25, -0.2) is 10.3 Å². The second-order valence-corrected chi connectivity index (χ2v) is 10.3. The second kappa shape index (κ2) is 11.9. The molecule has 2 aliphatic heterocycles. The van der Waals surface area contributed by atoms with Gasteiger partial charge in [-0.1, -0.05) is 54.6 Å². The molecule has 0 amide bonds. The van der Waals surface area contributed by atoms with E-state index in [0.717, 1.165) is 33.8 Å². The smallest absolute Gasteiger partial charge is 0.351 e. The molecule has 218 valence electrons. The predicted octanol–water partition coefficient (Wildman–Crippen LogP) is 3.82. The van der Waals surface area contributed by atoms with Crippen molar-refractivity contribution in [3.8, 4) is 11.5 Å². The van der Waals surface area contributed by atoms with E-state index >= 15 is 0 Å². The number of methoxy groups -OCH3 is 2. The van der Waals surface area contributed by atoms with Crippen LogP contribution in [0.2, 0.25) is 0 Å². The van der Waals surface area contributed by atoms with E-state index in [2.05, 4.69) is 10.5 Å². The Bertz CT molecular complexity index is 1510. The highest BCUT2D eigenvalue weighted by Gasteiger charge is 2.42. The Kier molecular flexibility index (Phi) is 7.94. The minimum atomic E-state index is -1.06. The van der Waals surface area contributed by atoms with Crippen LogP contribution in [0, 0.1) is 0 Å². The summed E-state index contributed by atoms with van der Waals surface area (Å²) in [4.78, 5) is 22.1. The number of nitrogens with one attached hydrogen (secondary N) is 1. The van der Waals surface area contributed by atoms with Gasteiger partial charge in [0.05, 0.1) is 33.5 Å². The summed E-state index contributed by atoms with van der Waals surface area (Å²) in [7, 11) is 3.25. The summed E-state index contributed by atoms with van der Waals surface area (Å²) in [5.74, 6) is 1.85. The van der Waals surface area contributed by atoms with Crippen LogP contribution in [0.4, 0.5) is 5.82 Å². The number of hydrogen-bond donors (Lipinski definition) is 2. The van der Waals surface area contributed by atoms with Crippen LogP contribution in [-0.4, -0.2) is 54.3 Å². The Labute approximate surface area is 243 Å². The first-order valence-electron chi connectivity index (χ1n) is 13.8. The highest BCUT2D eigenvalue weighted by atomic mass is 16.6. The van der Waals surface area contributed by atoms with Crippen LogP contribution in [-0.2, 0) is 26.3 Å². The lowest BCUT2D eigenvalue weighted by Gasteiger charge is -2.37. The summed E-state index contributed by atoms with van der Waals surface area (Å²) in [6, 6.07) is 25.4. The number of aliphatic hydroxyl groups excluding tert-OH is 1. The maximum atomic E-state index is 12.8. The monoisotopic (exact) mass is 571 g/mol. The van der Waals surface area contributed by atoms with Crippen LogP contribution in [0.3, 0.4) is 0 Å². The Hall–Kier alpha value is -4.22. The molecular formula is C32H33N3O7. The van der Waals surface area contributed by atoms with Crippen LogP contribution in [0.1, 0.15) is 34.9 Å². The summed E-state index contributed by atoms with van der Waals surface area (Å²) < 4.78 is 25.4. The first-order chi connectivity index (χ1) is 20.5. The molecule has 3 heterocycles. The van der Waals surface area contributed by atoms with E-state index < -0.39 is 29.7 Å². The van der Waals surface area contributed by atoms with Gasteiger partial charge in [-0.3, -0.25) is 9.40 Å². The van der Waals surface area contributed by atoms with Gasteiger partial charge in [-0.2, -0.15) is 4.98 Å². The van der Waals surface area contributed by atoms with Gasteiger partial charge in [0.1, 0.15) is 29.4 Å². The van der Waals surface area contributed by atoms with Crippen molar-refractivity contribution < 1.29 is 28.9 Å². The lowest BCUT2D eigenvalue weighted by molar-refractivity contribution is -0.0944. The molecule has 4 aromatic rings. The lowest BCUT2D eigenvalue weighted by Crippen LogP contribution is -2.38. The molecular weight excluding hydrogens is 538 g/mol. The SMILES string of the molecule is COc1ccc(C(OCC2OC(n3cc4c(nc3=O)NOCC4)CC2O)(c2ccccc2)c2ccc(OC)cc2)cc1. The fraction of sp³-hybridized carbons (Fsp3) is 0.312. The first-order valence-corrected chi connectivity index (χ1v) is 13.8. The molecule has 3 aromatic carbocycles. The van der Waals surface area contributed by atoms with Crippen LogP contribution in [0.5, 0.6) is 11.5 Å². The molecule has 1 saturated heterocycles. The molecule has 0 bridgehead atoms. The fourth-order valence-corrected chi connectivity index (χ4v) is 5.58. The molecule has 0 spiro atoms. The van der Waals surface area contributed by atoms with Gasteiger partial charge in [0.15, 0.2) is 5.82 Å². The Morgan fingerprint density at radius 1 is 0.952 bits per heavy atom. The second-order valence-electron chi connectivity index (χ2n) is 10.3. The molecule has 6 rings (SSSR count). The van der Waals surface area contributed by atoms with Crippen molar-refractivity contribution in [1.82, 2.24) is 9.55 Å². The number of rotatable bonds is 9. The molecule has 3 atom stereocenters. The largest absolute Gasteiger partial charge is 0.497 e. The number of nitrogens with zero attached hydrogens (tertiary/aromatic N) is 2. The van der Waals surface area contributed by atoms with E-state index in [0.29, 0.717) is 18.8 Å². The van der Waals surface area contributed by atoms with Crippen molar-refractivity contribution in [1.29, 1.82) is 0 Å². The maximum absolute atomic E-state index is 12.8. The van der Waals surface area contributed by atoms with Gasteiger partial charge < -0.3 is 24.1 Å². The highest BCUT2D eigenvalue weighted by Crippen LogP contribution is 2.42. The van der Waals surface area contributed by atoms with Crippen LogP contribution in [0.25, 0.3) is 0 Å². The van der Waals surface area contributed by atoms with Crippen molar-refractivity contribution >= 4 is 5.82 Å². The van der Waals surface area contributed by atoms with Crippen molar-refractivity contribution in [2.75, 3.05) is 32.9 Å². The van der Waals surface area contributed by atoms with Gasteiger partial charge >= 0.3 is 5.69 Å². The number of anilines is 1. The van der Waals surface area contributed by atoms with Gasteiger partial charge in [0, 0.05) is 24.6 Å². The average Bonchev–Trinajstić information content (AvgIpc) is 3.41. The fourth-order valence-electron chi connectivity index (χ4n) is 5.58. The molecule has 0 saturated carbocycles. The topological polar surface area (TPSA) is 113 Å². The van der Waals surface area contributed by atoms with Gasteiger partial charge in [0.2, 0.25) is 0 Å². The van der Waals surface area contributed by atoms with Crippen molar-refractivity contribution in [3.63, 3.8) is 0 Å². The van der Waals surface area contributed by atoms with E-state index in [1.54, 1.807) is 20.4 Å². The molecule has 0 aliphatic carbocycles. The highest BCUT2D eigenvalue weighted by molar-refractivity contribution is 5.49.